The Labute approximate surface area is 82.2 Å². The lowest BCUT2D eigenvalue weighted by molar-refractivity contribution is -0.384. The van der Waals surface area contributed by atoms with Crippen LogP contribution >= 0.6 is 0 Å². The van der Waals surface area contributed by atoms with E-state index in [4.69, 9.17) is 8.54 Å². The van der Waals surface area contributed by atoms with Gasteiger partial charge in [-0.05, 0) is 6.07 Å². The molecule has 6 heteroatoms. The van der Waals surface area contributed by atoms with Crippen molar-refractivity contribution in [2.75, 3.05) is 0 Å². The van der Waals surface area contributed by atoms with E-state index >= 15 is 0 Å². The van der Waals surface area contributed by atoms with Crippen LogP contribution in [0.5, 0.6) is 5.75 Å². The summed E-state index contributed by atoms with van der Waals surface area (Å²) in [5.41, 5.74) is 0.803. The molecule has 0 unspecified atom stereocenters. The van der Waals surface area contributed by atoms with Gasteiger partial charge in [-0.2, -0.15) is 0 Å². The third-order valence-electron chi connectivity index (χ3n) is 1.90. The molecule has 2 rings (SSSR count). The Morgan fingerprint density at radius 2 is 2.36 bits per heavy atom. The SMILES string of the molecule is CC1=[O+][Si]Oc2cc([N+](=O)[O-])ccc21. The van der Waals surface area contributed by atoms with E-state index in [9.17, 15) is 10.1 Å². The highest BCUT2D eigenvalue weighted by Gasteiger charge is 2.29. The van der Waals surface area contributed by atoms with Crippen LogP contribution in [-0.2, 0) is 0 Å². The van der Waals surface area contributed by atoms with Gasteiger partial charge in [0.15, 0.2) is 0 Å². The molecule has 0 saturated carbocycles. The fourth-order valence-electron chi connectivity index (χ4n) is 1.18. The number of nitro benzene ring substituents is 1. The fraction of sp³-hybridized carbons (Fsp3) is 0.125. The van der Waals surface area contributed by atoms with Crippen molar-refractivity contribution in [2.45, 2.75) is 6.92 Å². The van der Waals surface area contributed by atoms with E-state index in [1.807, 2.05) is 0 Å². The molecule has 0 bridgehead atoms. The second-order valence-electron chi connectivity index (χ2n) is 2.78. The van der Waals surface area contributed by atoms with Gasteiger partial charge in [0.05, 0.1) is 11.0 Å². The molecule has 0 spiro atoms. The Morgan fingerprint density at radius 1 is 1.57 bits per heavy atom. The highest BCUT2D eigenvalue weighted by Crippen LogP contribution is 2.26. The van der Waals surface area contributed by atoms with Crippen LogP contribution in [0.4, 0.5) is 5.69 Å². The van der Waals surface area contributed by atoms with Crippen LogP contribution in [0.2, 0.25) is 0 Å². The number of fused-ring (bicyclic) bond motifs is 1. The molecule has 70 valence electrons. The van der Waals surface area contributed by atoms with Crippen molar-refractivity contribution in [1.82, 2.24) is 0 Å². The van der Waals surface area contributed by atoms with Crippen LogP contribution in [0, 0.1) is 10.1 Å². The molecule has 0 atom stereocenters. The molecule has 5 nitrogen and oxygen atoms in total. The predicted molar refractivity (Wildman–Crippen MR) is 49.5 cm³/mol. The maximum absolute atomic E-state index is 10.5. The second-order valence-corrected chi connectivity index (χ2v) is 3.36. The van der Waals surface area contributed by atoms with Gasteiger partial charge >= 0.3 is 10.0 Å². The van der Waals surface area contributed by atoms with Crippen molar-refractivity contribution in [3.05, 3.63) is 33.9 Å². The first-order valence-electron chi connectivity index (χ1n) is 3.89. The van der Waals surface area contributed by atoms with E-state index in [0.29, 0.717) is 5.75 Å². The van der Waals surface area contributed by atoms with Crippen LogP contribution in [0.1, 0.15) is 16.6 Å². The monoisotopic (exact) mass is 208 g/mol. The Balaban J connectivity index is 2.51. The van der Waals surface area contributed by atoms with Crippen LogP contribution in [0.25, 0.3) is 0 Å². The molecule has 1 heterocycles. The number of nitrogens with zero attached hydrogens (tertiary/aromatic N) is 1. The lowest BCUT2D eigenvalue weighted by atomic mass is 10.1. The summed E-state index contributed by atoms with van der Waals surface area (Å²) in [6.45, 7) is 1.81. The third-order valence-corrected chi connectivity index (χ3v) is 2.59. The number of hydrogen-bond acceptors (Lipinski definition) is 3. The highest BCUT2D eigenvalue weighted by molar-refractivity contribution is 6.22. The van der Waals surface area contributed by atoms with Crippen molar-refractivity contribution in [1.29, 1.82) is 0 Å². The third kappa shape index (κ3) is 1.39. The Bertz CT molecular complexity index is 429. The number of carbonyl (C=O) groups excluding carboxylic acids is 1. The standard InChI is InChI=1S/C8H6NO4Si/c1-5-7-3-2-6(9(10)11)4-8(7)13-14-12-5/h2-4H,1H3/q+1. The zero-order valence-electron chi connectivity index (χ0n) is 7.31. The largest absolute Gasteiger partial charge is 1.02 e. The fourth-order valence-corrected chi connectivity index (χ4v) is 1.72. The minimum Gasteiger partial charge on any atom is -0.459 e. The summed E-state index contributed by atoms with van der Waals surface area (Å²) in [5.74, 6) is 1.25. The first-order valence-corrected chi connectivity index (χ1v) is 4.71. The smallest absolute Gasteiger partial charge is 0.459 e. The van der Waals surface area contributed by atoms with Gasteiger partial charge in [0, 0.05) is 13.0 Å². The van der Waals surface area contributed by atoms with Crippen molar-refractivity contribution in [3.8, 4) is 5.75 Å². The van der Waals surface area contributed by atoms with Crippen molar-refractivity contribution in [2.24, 2.45) is 0 Å². The quantitative estimate of drug-likeness (QED) is 0.302. The van der Waals surface area contributed by atoms with Crippen molar-refractivity contribution >= 4 is 21.5 Å². The molecule has 1 aromatic rings. The number of rotatable bonds is 1. The van der Waals surface area contributed by atoms with Gasteiger partial charge in [0.2, 0.25) is 0 Å². The molecule has 0 amide bonds. The molecule has 1 aromatic carbocycles. The number of ketones is 1. The Hall–Kier alpha value is -1.69. The number of benzene rings is 1. The molecule has 1 aliphatic heterocycles. The van der Waals surface area contributed by atoms with E-state index in [1.54, 1.807) is 13.0 Å². The van der Waals surface area contributed by atoms with Crippen molar-refractivity contribution < 1.29 is 13.5 Å². The molecule has 0 N–H and O–H groups in total. The molecule has 0 saturated heterocycles. The molecular weight excluding hydrogens is 202 g/mol. The minimum absolute atomic E-state index is 0.0308. The van der Waals surface area contributed by atoms with E-state index in [-0.39, 0.29) is 15.7 Å². The van der Waals surface area contributed by atoms with Crippen LogP contribution in [0.3, 0.4) is 0 Å². The van der Waals surface area contributed by atoms with Gasteiger partial charge in [-0.25, -0.2) is 0 Å². The second kappa shape index (κ2) is 3.22. The van der Waals surface area contributed by atoms with Gasteiger partial charge in [0.25, 0.3) is 11.5 Å². The Kier molecular flexibility index (Phi) is 2.05. The molecular formula is C8H6NO4Si+. The van der Waals surface area contributed by atoms with E-state index in [0.717, 1.165) is 11.3 Å². The number of hydrogen-bond donors (Lipinski definition) is 0. The molecule has 14 heavy (non-hydrogen) atoms. The number of non-ortho nitro benzene ring substituents is 1. The number of nitro groups is 1. The van der Waals surface area contributed by atoms with Crippen LogP contribution in [-0.4, -0.2) is 20.7 Å². The summed E-state index contributed by atoms with van der Waals surface area (Å²) in [4.78, 5) is 10.0. The van der Waals surface area contributed by atoms with Gasteiger partial charge in [-0.1, -0.05) is 0 Å². The van der Waals surface area contributed by atoms with Gasteiger partial charge in [0.1, 0.15) is 11.3 Å². The summed E-state index contributed by atoms with van der Waals surface area (Å²) in [6.07, 6.45) is 0. The first-order chi connectivity index (χ1) is 6.68. The van der Waals surface area contributed by atoms with E-state index in [1.165, 1.54) is 12.1 Å². The topological polar surface area (TPSA) is 63.7 Å². The van der Waals surface area contributed by atoms with Crippen LogP contribution < -0.4 is 4.43 Å². The molecule has 2 radical (unpaired) electrons. The summed E-state index contributed by atoms with van der Waals surface area (Å²) in [6, 6.07) is 4.48. The van der Waals surface area contributed by atoms with Crippen molar-refractivity contribution in [3.63, 3.8) is 0 Å². The zero-order chi connectivity index (χ0) is 10.1. The Morgan fingerprint density at radius 3 is 3.07 bits per heavy atom. The van der Waals surface area contributed by atoms with Gasteiger partial charge in [-0.15, -0.1) is 0 Å². The minimum atomic E-state index is -0.447. The zero-order valence-corrected chi connectivity index (χ0v) is 8.31. The molecule has 0 fully saturated rings. The molecule has 1 aliphatic rings. The molecule has 0 aromatic heterocycles. The molecule has 0 aliphatic carbocycles. The average molecular weight is 208 g/mol. The summed E-state index contributed by atoms with van der Waals surface area (Å²) in [7, 11) is -0.121. The average Bonchev–Trinajstić information content (AvgIpc) is 2.17. The summed E-state index contributed by atoms with van der Waals surface area (Å²) < 4.78 is 10.3. The maximum Gasteiger partial charge on any atom is 1.02 e. The normalized spacial score (nSPS) is 13.9. The summed E-state index contributed by atoms with van der Waals surface area (Å²) in [5, 5.41) is 10.5. The highest BCUT2D eigenvalue weighted by atomic mass is 28.2. The van der Waals surface area contributed by atoms with E-state index in [2.05, 4.69) is 0 Å². The predicted octanol–water partition coefficient (Wildman–Crippen LogP) is 1.26. The first kappa shape index (κ1) is 8.89. The van der Waals surface area contributed by atoms with Gasteiger partial charge < -0.3 is 8.54 Å². The lowest BCUT2D eigenvalue weighted by Gasteiger charge is -2.05. The lowest BCUT2D eigenvalue weighted by Crippen LogP contribution is -2.13. The summed E-state index contributed by atoms with van der Waals surface area (Å²) >= 11 is 0. The van der Waals surface area contributed by atoms with E-state index < -0.39 is 4.92 Å². The van der Waals surface area contributed by atoms with Gasteiger partial charge in [-0.3, -0.25) is 10.1 Å². The maximum atomic E-state index is 10.5. The van der Waals surface area contributed by atoms with Crippen LogP contribution in [0.15, 0.2) is 18.2 Å².